The molecule has 0 fully saturated rings. The summed E-state index contributed by atoms with van der Waals surface area (Å²) in [6, 6.07) is 16.8. The van der Waals surface area contributed by atoms with E-state index in [1.54, 1.807) is 12.1 Å². The van der Waals surface area contributed by atoms with Crippen LogP contribution >= 0.6 is 11.3 Å². The Kier molecular flexibility index (Phi) is 6.08. The number of hydrogen-bond donors (Lipinski definition) is 2. The van der Waals surface area contributed by atoms with E-state index in [4.69, 9.17) is 4.74 Å². The minimum atomic E-state index is -0.531. The van der Waals surface area contributed by atoms with Crippen LogP contribution in [-0.4, -0.2) is 29.9 Å². The first-order chi connectivity index (χ1) is 15.0. The third-order valence-electron chi connectivity index (χ3n) is 5.08. The summed E-state index contributed by atoms with van der Waals surface area (Å²) in [5.74, 6) is -1.00. The Labute approximate surface area is 183 Å². The number of ether oxygens (including phenoxy) is 1. The zero-order chi connectivity index (χ0) is 21.8. The van der Waals surface area contributed by atoms with Gasteiger partial charge in [-0.2, -0.15) is 0 Å². The summed E-state index contributed by atoms with van der Waals surface area (Å²) in [4.78, 5) is 41.9. The lowest BCUT2D eigenvalue weighted by Gasteiger charge is -2.10. The van der Waals surface area contributed by atoms with Gasteiger partial charge in [0.15, 0.2) is 10.8 Å². The fourth-order valence-electron chi connectivity index (χ4n) is 3.57. The molecule has 1 atom stereocenters. The number of nitrogens with one attached hydrogen (secondary N) is 2. The number of rotatable bonds is 7. The zero-order valence-electron chi connectivity index (χ0n) is 16.9. The van der Waals surface area contributed by atoms with Crippen LogP contribution in [0.3, 0.4) is 0 Å². The minimum Gasteiger partial charge on any atom is -0.464 e. The molecule has 0 unspecified atom stereocenters. The molecule has 2 heterocycles. The Morgan fingerprint density at radius 1 is 1.10 bits per heavy atom. The molecular weight excluding hydrogens is 414 g/mol. The fraction of sp³-hybridized carbons (Fsp3) is 0.217. The third-order valence-corrected chi connectivity index (χ3v) is 6.11. The van der Waals surface area contributed by atoms with Gasteiger partial charge in [0.25, 0.3) is 5.91 Å². The number of methoxy groups -OCH3 is 1. The van der Waals surface area contributed by atoms with E-state index in [-0.39, 0.29) is 30.0 Å². The molecule has 31 heavy (non-hydrogen) atoms. The maximum absolute atomic E-state index is 12.6. The molecular formula is C23H21N3O4S. The van der Waals surface area contributed by atoms with Crippen molar-refractivity contribution in [3.8, 4) is 0 Å². The number of hydrogen-bond acceptors (Lipinski definition) is 6. The number of thiazole rings is 1. The van der Waals surface area contributed by atoms with E-state index in [1.807, 2.05) is 42.5 Å². The smallest absolute Gasteiger partial charge is 0.357 e. The van der Waals surface area contributed by atoms with Gasteiger partial charge in [0.1, 0.15) is 0 Å². The average Bonchev–Trinajstić information content (AvgIpc) is 3.33. The summed E-state index contributed by atoms with van der Waals surface area (Å²) >= 11 is 1.26. The molecule has 2 N–H and O–H groups in total. The SMILES string of the molecule is COC(=O)c1nc(NC(=O)C[C@@H]2NC(=O)c3ccccc32)sc1CCc1ccccc1. The van der Waals surface area contributed by atoms with Crippen molar-refractivity contribution in [3.05, 3.63) is 81.9 Å². The van der Waals surface area contributed by atoms with Gasteiger partial charge in [0.2, 0.25) is 5.91 Å². The van der Waals surface area contributed by atoms with Gasteiger partial charge < -0.3 is 15.4 Å². The molecule has 158 valence electrons. The summed E-state index contributed by atoms with van der Waals surface area (Å²) in [6.07, 6.45) is 1.43. The quantitative estimate of drug-likeness (QED) is 0.554. The number of benzene rings is 2. The van der Waals surface area contributed by atoms with Crippen LogP contribution in [0.5, 0.6) is 0 Å². The Morgan fingerprint density at radius 3 is 2.61 bits per heavy atom. The van der Waals surface area contributed by atoms with Crippen LogP contribution in [0.25, 0.3) is 0 Å². The van der Waals surface area contributed by atoms with E-state index in [1.165, 1.54) is 18.4 Å². The van der Waals surface area contributed by atoms with Crippen molar-refractivity contribution in [1.29, 1.82) is 0 Å². The molecule has 1 aliphatic rings. The van der Waals surface area contributed by atoms with Crippen molar-refractivity contribution in [2.75, 3.05) is 12.4 Å². The minimum absolute atomic E-state index is 0.0786. The van der Waals surface area contributed by atoms with Gasteiger partial charge in [0.05, 0.1) is 19.6 Å². The predicted octanol–water partition coefficient (Wildman–Crippen LogP) is 3.53. The second-order valence-electron chi connectivity index (χ2n) is 7.13. The molecule has 1 aromatic heterocycles. The van der Waals surface area contributed by atoms with Gasteiger partial charge in [-0.3, -0.25) is 9.59 Å². The van der Waals surface area contributed by atoms with Crippen LogP contribution in [-0.2, 0) is 22.4 Å². The average molecular weight is 436 g/mol. The number of esters is 1. The molecule has 0 spiro atoms. The first kappa shape index (κ1) is 20.7. The zero-order valence-corrected chi connectivity index (χ0v) is 17.7. The second kappa shape index (κ2) is 9.09. The van der Waals surface area contributed by atoms with Crippen molar-refractivity contribution < 1.29 is 19.1 Å². The van der Waals surface area contributed by atoms with Gasteiger partial charge in [-0.05, 0) is 30.0 Å². The van der Waals surface area contributed by atoms with Crippen LogP contribution < -0.4 is 10.6 Å². The summed E-state index contributed by atoms with van der Waals surface area (Å²) in [5, 5.41) is 5.93. The second-order valence-corrected chi connectivity index (χ2v) is 8.22. The molecule has 0 aliphatic carbocycles. The summed E-state index contributed by atoms with van der Waals surface area (Å²) in [7, 11) is 1.31. The summed E-state index contributed by atoms with van der Waals surface area (Å²) < 4.78 is 4.85. The molecule has 0 saturated heterocycles. The standard InChI is InChI=1S/C23H21N3O4S/c1-30-22(29)20-18(12-11-14-7-3-2-4-8-14)31-23(26-20)25-19(27)13-17-15-9-5-6-10-16(15)21(28)24-17/h2-10,17H,11-13H2,1H3,(H,24,28)(H,25,26,27)/t17-/m0/s1. The van der Waals surface area contributed by atoms with Crippen LogP contribution in [0, 0.1) is 0 Å². The van der Waals surface area contributed by atoms with Gasteiger partial charge >= 0.3 is 5.97 Å². The van der Waals surface area contributed by atoms with Gasteiger partial charge in [-0.25, -0.2) is 9.78 Å². The number of carbonyl (C=O) groups is 3. The molecule has 1 aliphatic heterocycles. The summed E-state index contributed by atoms with van der Waals surface area (Å²) in [6.45, 7) is 0. The van der Waals surface area contributed by atoms with Crippen molar-refractivity contribution >= 4 is 34.3 Å². The van der Waals surface area contributed by atoms with Crippen LogP contribution in [0.4, 0.5) is 5.13 Å². The van der Waals surface area contributed by atoms with E-state index in [2.05, 4.69) is 15.6 Å². The lowest BCUT2D eigenvalue weighted by Crippen LogP contribution is -2.24. The van der Waals surface area contributed by atoms with Gasteiger partial charge in [-0.15, -0.1) is 11.3 Å². The number of aryl methyl sites for hydroxylation is 2. The number of carbonyl (C=O) groups excluding carboxylic acids is 3. The van der Waals surface area contributed by atoms with Crippen molar-refractivity contribution in [2.24, 2.45) is 0 Å². The highest BCUT2D eigenvalue weighted by atomic mass is 32.1. The maximum Gasteiger partial charge on any atom is 0.357 e. The summed E-state index contributed by atoms with van der Waals surface area (Å²) in [5.41, 5.74) is 2.76. The molecule has 0 radical (unpaired) electrons. The molecule has 0 bridgehead atoms. The normalized spacial score (nSPS) is 14.6. The Bertz CT molecular complexity index is 1130. The van der Waals surface area contributed by atoms with E-state index >= 15 is 0 Å². The molecule has 3 aromatic rings. The number of anilines is 1. The largest absolute Gasteiger partial charge is 0.464 e. The highest BCUT2D eigenvalue weighted by molar-refractivity contribution is 7.16. The molecule has 2 aromatic carbocycles. The Morgan fingerprint density at radius 2 is 1.84 bits per heavy atom. The number of fused-ring (bicyclic) bond motifs is 1. The van der Waals surface area contributed by atoms with Crippen molar-refractivity contribution in [1.82, 2.24) is 10.3 Å². The highest BCUT2D eigenvalue weighted by Gasteiger charge is 2.30. The van der Waals surface area contributed by atoms with E-state index in [0.717, 1.165) is 22.4 Å². The first-order valence-electron chi connectivity index (χ1n) is 9.86. The molecule has 0 saturated carbocycles. The van der Waals surface area contributed by atoms with Crippen LogP contribution in [0.2, 0.25) is 0 Å². The molecule has 7 nitrogen and oxygen atoms in total. The Balaban J connectivity index is 1.45. The highest BCUT2D eigenvalue weighted by Crippen LogP contribution is 2.29. The lowest BCUT2D eigenvalue weighted by molar-refractivity contribution is -0.116. The lowest BCUT2D eigenvalue weighted by atomic mass is 10.0. The monoisotopic (exact) mass is 435 g/mol. The number of amides is 2. The van der Waals surface area contributed by atoms with Gasteiger partial charge in [0, 0.05) is 10.4 Å². The van der Waals surface area contributed by atoms with Gasteiger partial charge in [-0.1, -0.05) is 48.5 Å². The first-order valence-corrected chi connectivity index (χ1v) is 10.7. The number of nitrogens with zero attached hydrogens (tertiary/aromatic N) is 1. The molecule has 8 heteroatoms. The number of aromatic nitrogens is 1. The van der Waals surface area contributed by atoms with E-state index < -0.39 is 5.97 Å². The topological polar surface area (TPSA) is 97.4 Å². The maximum atomic E-state index is 12.6. The van der Waals surface area contributed by atoms with E-state index in [9.17, 15) is 14.4 Å². The predicted molar refractivity (Wildman–Crippen MR) is 117 cm³/mol. The molecule has 4 rings (SSSR count). The van der Waals surface area contributed by atoms with E-state index in [0.29, 0.717) is 17.1 Å². The molecule has 2 amide bonds. The Hall–Kier alpha value is -3.52. The van der Waals surface area contributed by atoms with Crippen LogP contribution in [0.1, 0.15) is 49.3 Å². The fourth-order valence-corrected chi connectivity index (χ4v) is 4.54. The van der Waals surface area contributed by atoms with Crippen LogP contribution in [0.15, 0.2) is 54.6 Å². The third kappa shape index (κ3) is 4.64. The van der Waals surface area contributed by atoms with Crippen molar-refractivity contribution in [2.45, 2.75) is 25.3 Å². The van der Waals surface area contributed by atoms with Crippen molar-refractivity contribution in [3.63, 3.8) is 0 Å².